The molecule has 1 saturated carbocycles. The first-order chi connectivity index (χ1) is 9.22. The second-order valence-corrected chi connectivity index (χ2v) is 6.01. The summed E-state index contributed by atoms with van der Waals surface area (Å²) in [5.74, 6) is 0.773. The third-order valence-electron chi connectivity index (χ3n) is 3.55. The number of hydrogen-bond acceptors (Lipinski definition) is 3. The molecule has 1 N–H and O–H groups in total. The van der Waals surface area contributed by atoms with Gasteiger partial charge in [0.15, 0.2) is 0 Å². The van der Waals surface area contributed by atoms with Gasteiger partial charge in [0.25, 0.3) is 5.91 Å². The van der Waals surface area contributed by atoms with Crippen molar-refractivity contribution in [3.05, 3.63) is 23.9 Å². The number of hydrogen-bond donors (Lipinski definition) is 1. The molecular formula is C14H19BrN2O2. The van der Waals surface area contributed by atoms with Gasteiger partial charge in [0, 0.05) is 17.6 Å². The summed E-state index contributed by atoms with van der Waals surface area (Å²) in [6.45, 7) is 0.701. The Bertz CT molecular complexity index is 439. The summed E-state index contributed by atoms with van der Waals surface area (Å²) < 4.78 is 5.10. The van der Waals surface area contributed by atoms with Crippen LogP contribution in [0.2, 0.25) is 0 Å². The summed E-state index contributed by atoms with van der Waals surface area (Å²) in [5, 5.41) is 2.98. The van der Waals surface area contributed by atoms with Crippen molar-refractivity contribution in [3.8, 4) is 5.88 Å². The number of aromatic nitrogens is 1. The number of carbonyl (C=O) groups is 1. The maximum atomic E-state index is 12.1. The smallest absolute Gasteiger partial charge is 0.256 e. The van der Waals surface area contributed by atoms with E-state index < -0.39 is 0 Å². The molecule has 104 valence electrons. The zero-order valence-electron chi connectivity index (χ0n) is 11.1. The zero-order valence-corrected chi connectivity index (χ0v) is 12.6. The Morgan fingerprint density at radius 1 is 1.53 bits per heavy atom. The van der Waals surface area contributed by atoms with Gasteiger partial charge in [0.1, 0.15) is 5.56 Å². The third kappa shape index (κ3) is 3.69. The Morgan fingerprint density at radius 2 is 2.32 bits per heavy atom. The van der Waals surface area contributed by atoms with Crippen LogP contribution in [0.25, 0.3) is 0 Å². The van der Waals surface area contributed by atoms with E-state index >= 15 is 0 Å². The van der Waals surface area contributed by atoms with Crippen LogP contribution in [0.5, 0.6) is 5.88 Å². The number of ether oxygens (including phenoxy) is 1. The van der Waals surface area contributed by atoms with Crippen LogP contribution in [-0.4, -0.2) is 29.4 Å². The molecule has 0 aliphatic heterocycles. The number of amides is 1. The van der Waals surface area contributed by atoms with Crippen LogP contribution < -0.4 is 10.1 Å². The van der Waals surface area contributed by atoms with Crippen molar-refractivity contribution in [1.29, 1.82) is 0 Å². The molecule has 19 heavy (non-hydrogen) atoms. The third-order valence-corrected chi connectivity index (χ3v) is 4.76. The van der Waals surface area contributed by atoms with Crippen molar-refractivity contribution >= 4 is 21.8 Å². The molecule has 1 amide bonds. The second kappa shape index (κ2) is 6.89. The van der Waals surface area contributed by atoms with E-state index in [4.69, 9.17) is 4.74 Å². The highest BCUT2D eigenvalue weighted by Gasteiger charge is 2.23. The fraction of sp³-hybridized carbons (Fsp3) is 0.571. The monoisotopic (exact) mass is 326 g/mol. The number of nitrogens with one attached hydrogen (secondary N) is 1. The number of alkyl halides is 1. The Hall–Kier alpha value is -1.10. The molecule has 0 saturated heterocycles. The molecular weight excluding hydrogens is 308 g/mol. The highest BCUT2D eigenvalue weighted by atomic mass is 79.9. The second-order valence-electron chi connectivity index (χ2n) is 4.83. The van der Waals surface area contributed by atoms with Crippen LogP contribution in [-0.2, 0) is 0 Å². The average molecular weight is 327 g/mol. The van der Waals surface area contributed by atoms with Gasteiger partial charge in [-0.2, -0.15) is 0 Å². The Morgan fingerprint density at radius 3 is 3.05 bits per heavy atom. The predicted molar refractivity (Wildman–Crippen MR) is 77.8 cm³/mol. The van der Waals surface area contributed by atoms with Crippen molar-refractivity contribution in [3.63, 3.8) is 0 Å². The summed E-state index contributed by atoms with van der Waals surface area (Å²) >= 11 is 3.70. The van der Waals surface area contributed by atoms with E-state index in [1.807, 2.05) is 0 Å². The number of nitrogens with zero attached hydrogens (tertiary/aromatic N) is 1. The Kier molecular flexibility index (Phi) is 5.19. The highest BCUT2D eigenvalue weighted by molar-refractivity contribution is 9.09. The lowest BCUT2D eigenvalue weighted by Crippen LogP contribution is -2.34. The number of halogens is 1. The molecule has 5 heteroatoms. The molecule has 1 aliphatic carbocycles. The lowest BCUT2D eigenvalue weighted by molar-refractivity contribution is 0.0940. The first-order valence-electron chi connectivity index (χ1n) is 6.63. The summed E-state index contributed by atoms with van der Waals surface area (Å²) in [7, 11) is 1.52. The van der Waals surface area contributed by atoms with Crippen LogP contribution in [0.4, 0.5) is 0 Å². The zero-order chi connectivity index (χ0) is 13.7. The van der Waals surface area contributed by atoms with Crippen LogP contribution in [0.1, 0.15) is 36.0 Å². The molecule has 1 aromatic heterocycles. The Labute approximate surface area is 122 Å². The number of methoxy groups -OCH3 is 1. The summed E-state index contributed by atoms with van der Waals surface area (Å²) in [6, 6.07) is 3.47. The predicted octanol–water partition coefficient (Wildman–Crippen LogP) is 2.77. The van der Waals surface area contributed by atoms with E-state index in [1.54, 1.807) is 18.3 Å². The fourth-order valence-corrected chi connectivity index (χ4v) is 3.21. The summed E-state index contributed by atoms with van der Waals surface area (Å²) in [4.78, 5) is 16.7. The normalized spacial score (nSPS) is 22.8. The maximum absolute atomic E-state index is 12.1. The van der Waals surface area contributed by atoms with Gasteiger partial charge in [0.05, 0.1) is 7.11 Å². The van der Waals surface area contributed by atoms with Crippen molar-refractivity contribution < 1.29 is 9.53 Å². The van der Waals surface area contributed by atoms with Crippen molar-refractivity contribution in [2.75, 3.05) is 13.7 Å². The van der Waals surface area contributed by atoms with Crippen LogP contribution in [0.3, 0.4) is 0 Å². The SMILES string of the molecule is COc1ncccc1C(=O)NCC1CCCCC1Br. The molecule has 0 radical (unpaired) electrons. The number of carbonyl (C=O) groups excluding carboxylic acids is 1. The molecule has 1 aromatic rings. The molecule has 4 nitrogen and oxygen atoms in total. The summed E-state index contributed by atoms with van der Waals surface area (Å²) in [6.07, 6.45) is 6.50. The quantitative estimate of drug-likeness (QED) is 0.865. The fourth-order valence-electron chi connectivity index (χ4n) is 2.44. The van der Waals surface area contributed by atoms with E-state index in [1.165, 1.54) is 32.8 Å². The molecule has 2 unspecified atom stereocenters. The first kappa shape index (κ1) is 14.3. The van der Waals surface area contributed by atoms with Crippen molar-refractivity contribution in [1.82, 2.24) is 10.3 Å². The lowest BCUT2D eigenvalue weighted by atomic mass is 9.89. The first-order valence-corrected chi connectivity index (χ1v) is 7.55. The van der Waals surface area contributed by atoms with Gasteiger partial charge in [-0.25, -0.2) is 4.98 Å². The minimum atomic E-state index is -0.116. The average Bonchev–Trinajstić information content (AvgIpc) is 2.46. The lowest BCUT2D eigenvalue weighted by Gasteiger charge is -2.27. The molecule has 2 rings (SSSR count). The van der Waals surface area contributed by atoms with Crippen molar-refractivity contribution in [2.24, 2.45) is 5.92 Å². The van der Waals surface area contributed by atoms with E-state index in [0.29, 0.717) is 28.7 Å². The topological polar surface area (TPSA) is 51.2 Å². The van der Waals surface area contributed by atoms with Crippen molar-refractivity contribution in [2.45, 2.75) is 30.5 Å². The van der Waals surface area contributed by atoms with Gasteiger partial charge in [-0.15, -0.1) is 0 Å². The summed E-state index contributed by atoms with van der Waals surface area (Å²) in [5.41, 5.74) is 0.493. The van der Waals surface area contributed by atoms with E-state index in [9.17, 15) is 4.79 Å². The molecule has 1 fully saturated rings. The van der Waals surface area contributed by atoms with Gasteiger partial charge in [-0.3, -0.25) is 4.79 Å². The number of rotatable bonds is 4. The van der Waals surface area contributed by atoms with E-state index in [0.717, 1.165) is 0 Å². The van der Waals surface area contributed by atoms with E-state index in [2.05, 4.69) is 26.2 Å². The molecule has 2 atom stereocenters. The maximum Gasteiger partial charge on any atom is 0.256 e. The molecule has 1 heterocycles. The highest BCUT2D eigenvalue weighted by Crippen LogP contribution is 2.29. The molecule has 0 spiro atoms. The standard InChI is InChI=1S/C14H19BrN2O2/c1-19-14-11(6-4-8-16-14)13(18)17-9-10-5-2-3-7-12(10)15/h4,6,8,10,12H,2-3,5,7,9H2,1H3,(H,17,18). The molecule has 1 aliphatic rings. The van der Waals surface area contributed by atoms with Gasteiger partial charge >= 0.3 is 0 Å². The van der Waals surface area contributed by atoms with Gasteiger partial charge in [-0.05, 0) is 30.9 Å². The number of pyridine rings is 1. The molecule has 0 aromatic carbocycles. The van der Waals surface area contributed by atoms with Gasteiger partial charge in [-0.1, -0.05) is 28.8 Å². The minimum absolute atomic E-state index is 0.116. The molecule has 0 bridgehead atoms. The van der Waals surface area contributed by atoms with Crippen LogP contribution in [0, 0.1) is 5.92 Å². The van der Waals surface area contributed by atoms with Gasteiger partial charge < -0.3 is 10.1 Å². The largest absolute Gasteiger partial charge is 0.480 e. The Balaban J connectivity index is 1.93. The minimum Gasteiger partial charge on any atom is -0.480 e. The van der Waals surface area contributed by atoms with Gasteiger partial charge in [0.2, 0.25) is 5.88 Å². The van der Waals surface area contributed by atoms with E-state index in [-0.39, 0.29) is 5.91 Å². The van der Waals surface area contributed by atoms with Crippen LogP contribution in [0.15, 0.2) is 18.3 Å². The van der Waals surface area contributed by atoms with Crippen LogP contribution >= 0.6 is 15.9 Å².